The minimum absolute atomic E-state index is 0.275. The first-order chi connectivity index (χ1) is 6.03. The second kappa shape index (κ2) is 4.01. The van der Waals surface area contributed by atoms with Crippen LogP contribution in [0.1, 0.15) is 19.2 Å². The topological polar surface area (TPSA) is 77.7 Å². The maximum absolute atomic E-state index is 10.7. The summed E-state index contributed by atoms with van der Waals surface area (Å²) >= 11 is 0. The van der Waals surface area contributed by atoms with Crippen molar-refractivity contribution in [2.24, 2.45) is 0 Å². The van der Waals surface area contributed by atoms with Gasteiger partial charge in [-0.1, -0.05) is 6.92 Å². The van der Waals surface area contributed by atoms with Crippen LogP contribution < -0.4 is 0 Å². The van der Waals surface area contributed by atoms with Crippen LogP contribution in [0.5, 0.6) is 0 Å². The predicted octanol–water partition coefficient (Wildman–Crippen LogP) is 0.152. The van der Waals surface area contributed by atoms with Crippen molar-refractivity contribution in [2.45, 2.75) is 25.6 Å². The van der Waals surface area contributed by atoms with Crippen molar-refractivity contribution in [3.63, 3.8) is 0 Å². The van der Waals surface area contributed by atoms with Gasteiger partial charge in [-0.3, -0.25) is 0 Å². The van der Waals surface area contributed by atoms with Crippen LogP contribution in [-0.2, 0) is 21.3 Å². The fraction of sp³-hybridized carbons (Fsp3) is 0.800. The highest BCUT2D eigenvalue weighted by molar-refractivity contribution is 8.13. The van der Waals surface area contributed by atoms with Gasteiger partial charge in [-0.2, -0.15) is 0 Å². The molecule has 1 aromatic heterocycles. The Labute approximate surface area is 80.3 Å². The van der Waals surface area contributed by atoms with Crippen LogP contribution in [0.2, 0.25) is 0 Å². The molecular formula is C5H9ClN4O2S. The second-order valence-corrected chi connectivity index (χ2v) is 5.28. The lowest BCUT2D eigenvalue weighted by Crippen LogP contribution is -2.08. The van der Waals surface area contributed by atoms with Gasteiger partial charge >= 0.3 is 0 Å². The lowest BCUT2D eigenvalue weighted by Gasteiger charge is -1.99. The summed E-state index contributed by atoms with van der Waals surface area (Å²) in [6.07, 6.45) is 0.834. The van der Waals surface area contributed by atoms with E-state index < -0.39 is 9.05 Å². The molecule has 0 aromatic carbocycles. The van der Waals surface area contributed by atoms with Crippen LogP contribution in [0.3, 0.4) is 0 Å². The number of aryl methyl sites for hydroxylation is 1. The summed E-state index contributed by atoms with van der Waals surface area (Å²) in [5.41, 5.74) is 0. The first-order valence-corrected chi connectivity index (χ1v) is 6.18. The Kier molecular flexibility index (Phi) is 3.21. The van der Waals surface area contributed by atoms with Gasteiger partial charge in [0.1, 0.15) is 5.75 Å². The van der Waals surface area contributed by atoms with E-state index in [0.717, 1.165) is 6.42 Å². The molecule has 0 fully saturated rings. The quantitative estimate of drug-likeness (QED) is 0.681. The summed E-state index contributed by atoms with van der Waals surface area (Å²) in [7, 11) is 1.48. The van der Waals surface area contributed by atoms with Gasteiger partial charge in [0.15, 0.2) is 5.82 Å². The Morgan fingerprint density at radius 3 is 2.77 bits per heavy atom. The van der Waals surface area contributed by atoms with Crippen LogP contribution in [0.25, 0.3) is 0 Å². The SMILES string of the molecule is CCCn1nnnc1CS(=O)(=O)Cl. The minimum atomic E-state index is -3.58. The minimum Gasteiger partial charge on any atom is -0.229 e. The van der Waals surface area contributed by atoms with Gasteiger partial charge in [0, 0.05) is 17.2 Å². The van der Waals surface area contributed by atoms with Crippen molar-refractivity contribution in [3.8, 4) is 0 Å². The molecule has 1 rings (SSSR count). The van der Waals surface area contributed by atoms with E-state index >= 15 is 0 Å². The van der Waals surface area contributed by atoms with Crippen molar-refractivity contribution in [3.05, 3.63) is 5.82 Å². The summed E-state index contributed by atoms with van der Waals surface area (Å²) in [5, 5.41) is 10.5. The number of hydrogen-bond acceptors (Lipinski definition) is 5. The van der Waals surface area contributed by atoms with Crippen LogP contribution in [0.15, 0.2) is 0 Å². The van der Waals surface area contributed by atoms with Gasteiger partial charge in [-0.05, 0) is 16.8 Å². The third kappa shape index (κ3) is 3.27. The lowest BCUT2D eigenvalue weighted by atomic mass is 10.5. The fourth-order valence-electron chi connectivity index (χ4n) is 0.866. The molecule has 0 bridgehead atoms. The average molecular weight is 225 g/mol. The Morgan fingerprint density at radius 2 is 2.23 bits per heavy atom. The monoisotopic (exact) mass is 224 g/mol. The molecule has 0 aliphatic heterocycles. The largest absolute Gasteiger partial charge is 0.239 e. The van der Waals surface area contributed by atoms with E-state index in [9.17, 15) is 8.42 Å². The third-order valence-electron chi connectivity index (χ3n) is 1.34. The molecule has 0 aliphatic rings. The van der Waals surface area contributed by atoms with Crippen LogP contribution in [0, 0.1) is 0 Å². The summed E-state index contributed by atoms with van der Waals surface area (Å²) in [6.45, 7) is 2.54. The van der Waals surface area contributed by atoms with Gasteiger partial charge in [0.25, 0.3) is 0 Å². The summed E-state index contributed by atoms with van der Waals surface area (Å²) in [4.78, 5) is 0. The van der Waals surface area contributed by atoms with Crippen molar-refractivity contribution < 1.29 is 8.42 Å². The number of tetrazole rings is 1. The lowest BCUT2D eigenvalue weighted by molar-refractivity contribution is 0.558. The fourth-order valence-corrected chi connectivity index (χ4v) is 1.67. The van der Waals surface area contributed by atoms with Gasteiger partial charge in [-0.15, -0.1) is 5.10 Å². The molecule has 6 nitrogen and oxygen atoms in total. The highest BCUT2D eigenvalue weighted by atomic mass is 35.7. The molecule has 0 radical (unpaired) electrons. The Balaban J connectivity index is 2.82. The first kappa shape index (κ1) is 10.4. The van der Waals surface area contributed by atoms with Crippen molar-refractivity contribution in [2.75, 3.05) is 0 Å². The number of halogens is 1. The standard InChI is InChI=1S/C5H9ClN4O2S/c1-2-3-10-5(7-8-9-10)4-13(6,11)12/h2-4H2,1H3. The normalized spacial score (nSPS) is 11.8. The first-order valence-electron chi connectivity index (χ1n) is 3.70. The molecule has 1 heterocycles. The van der Waals surface area contributed by atoms with E-state index in [4.69, 9.17) is 10.7 Å². The molecule has 13 heavy (non-hydrogen) atoms. The smallest absolute Gasteiger partial charge is 0.229 e. The maximum Gasteiger partial charge on any atom is 0.239 e. The number of aromatic nitrogens is 4. The van der Waals surface area contributed by atoms with Crippen molar-refractivity contribution in [1.29, 1.82) is 0 Å². The molecular weight excluding hydrogens is 216 g/mol. The highest BCUT2D eigenvalue weighted by Crippen LogP contribution is 2.05. The summed E-state index contributed by atoms with van der Waals surface area (Å²) in [5.74, 6) is -0.0569. The van der Waals surface area contributed by atoms with E-state index in [1.54, 1.807) is 0 Å². The predicted molar refractivity (Wildman–Crippen MR) is 46.6 cm³/mol. The number of nitrogens with zero attached hydrogens (tertiary/aromatic N) is 4. The van der Waals surface area contributed by atoms with Crippen molar-refractivity contribution >= 4 is 19.7 Å². The van der Waals surface area contributed by atoms with Crippen LogP contribution in [-0.4, -0.2) is 28.6 Å². The number of hydrogen-bond donors (Lipinski definition) is 0. The molecule has 0 spiro atoms. The average Bonchev–Trinajstić information content (AvgIpc) is 2.34. The zero-order valence-corrected chi connectivity index (χ0v) is 8.59. The van der Waals surface area contributed by atoms with Crippen LogP contribution in [0.4, 0.5) is 0 Å². The van der Waals surface area contributed by atoms with E-state index in [0.29, 0.717) is 6.54 Å². The van der Waals surface area contributed by atoms with E-state index in [2.05, 4.69) is 15.5 Å². The number of rotatable bonds is 4. The highest BCUT2D eigenvalue weighted by Gasteiger charge is 2.13. The molecule has 0 amide bonds. The van der Waals surface area contributed by atoms with E-state index in [-0.39, 0.29) is 11.6 Å². The van der Waals surface area contributed by atoms with Crippen LogP contribution >= 0.6 is 10.7 Å². The molecule has 0 aliphatic carbocycles. The van der Waals surface area contributed by atoms with Gasteiger partial charge in [0.05, 0.1) is 0 Å². The Morgan fingerprint density at radius 1 is 1.54 bits per heavy atom. The zero-order valence-electron chi connectivity index (χ0n) is 7.01. The molecule has 8 heteroatoms. The Bertz CT molecular complexity index is 374. The van der Waals surface area contributed by atoms with Gasteiger partial charge < -0.3 is 0 Å². The summed E-state index contributed by atoms with van der Waals surface area (Å²) in [6, 6.07) is 0. The second-order valence-electron chi connectivity index (χ2n) is 2.50. The zero-order chi connectivity index (χ0) is 9.90. The molecule has 0 unspecified atom stereocenters. The van der Waals surface area contributed by atoms with Crippen molar-refractivity contribution in [1.82, 2.24) is 20.2 Å². The van der Waals surface area contributed by atoms with Gasteiger partial charge in [-0.25, -0.2) is 13.1 Å². The molecule has 0 saturated carbocycles. The van der Waals surface area contributed by atoms with E-state index in [1.165, 1.54) is 4.68 Å². The van der Waals surface area contributed by atoms with E-state index in [1.807, 2.05) is 6.92 Å². The molecule has 0 saturated heterocycles. The maximum atomic E-state index is 10.7. The molecule has 1 aromatic rings. The molecule has 0 N–H and O–H groups in total. The molecule has 0 atom stereocenters. The molecule has 74 valence electrons. The van der Waals surface area contributed by atoms with Gasteiger partial charge in [0.2, 0.25) is 9.05 Å². The summed E-state index contributed by atoms with van der Waals surface area (Å²) < 4.78 is 22.9. The Hall–Kier alpha value is -0.690. The third-order valence-corrected chi connectivity index (χ3v) is 2.27.